The third kappa shape index (κ3) is 4.53. The maximum absolute atomic E-state index is 11.6. The van der Waals surface area contributed by atoms with Crippen molar-refractivity contribution in [3.05, 3.63) is 64.2 Å². The highest BCUT2D eigenvalue weighted by molar-refractivity contribution is 5.85. The van der Waals surface area contributed by atoms with Crippen LogP contribution in [-0.2, 0) is 4.79 Å². The van der Waals surface area contributed by atoms with Gasteiger partial charge in [-0.05, 0) is 18.2 Å². The van der Waals surface area contributed by atoms with Crippen LogP contribution >= 0.6 is 0 Å². The Kier molecular flexibility index (Phi) is 5.24. The molecule has 0 saturated heterocycles. The summed E-state index contributed by atoms with van der Waals surface area (Å²) < 4.78 is 5.11. The number of hydrogen-bond acceptors (Lipinski definition) is 6. The van der Waals surface area contributed by atoms with E-state index in [0.717, 1.165) is 0 Å². The fourth-order valence-electron chi connectivity index (χ4n) is 1.68. The number of phenols is 1. The Bertz CT molecular complexity index is 745. The zero-order valence-electron chi connectivity index (χ0n) is 11.9. The Morgan fingerprint density at radius 1 is 1.26 bits per heavy atom. The van der Waals surface area contributed by atoms with E-state index in [4.69, 9.17) is 4.74 Å². The number of hydrogen-bond donors (Lipinski definition) is 2. The molecule has 0 aliphatic carbocycles. The van der Waals surface area contributed by atoms with E-state index in [1.807, 2.05) is 0 Å². The van der Waals surface area contributed by atoms with E-state index in [1.165, 1.54) is 30.5 Å². The number of amides is 1. The van der Waals surface area contributed by atoms with E-state index >= 15 is 0 Å². The van der Waals surface area contributed by atoms with E-state index in [0.29, 0.717) is 5.56 Å². The number of para-hydroxylation sites is 3. The first-order valence-electron chi connectivity index (χ1n) is 6.54. The molecule has 0 unspecified atom stereocenters. The summed E-state index contributed by atoms with van der Waals surface area (Å²) in [6.07, 6.45) is 1.28. The van der Waals surface area contributed by atoms with Gasteiger partial charge in [-0.2, -0.15) is 5.10 Å². The van der Waals surface area contributed by atoms with Crippen molar-refractivity contribution < 1.29 is 19.6 Å². The summed E-state index contributed by atoms with van der Waals surface area (Å²) in [5, 5.41) is 24.0. The predicted molar refractivity (Wildman–Crippen MR) is 82.4 cm³/mol. The Balaban J connectivity index is 1.89. The number of nitrogens with one attached hydrogen (secondary N) is 1. The predicted octanol–water partition coefficient (Wildman–Crippen LogP) is 1.83. The molecule has 0 bridgehead atoms. The van der Waals surface area contributed by atoms with Gasteiger partial charge in [-0.25, -0.2) is 5.43 Å². The number of aromatic hydroxyl groups is 1. The Labute approximate surface area is 131 Å². The number of nitrogens with zero attached hydrogens (tertiary/aromatic N) is 2. The van der Waals surface area contributed by atoms with E-state index in [-0.39, 0.29) is 17.2 Å². The quantitative estimate of drug-likeness (QED) is 0.479. The Hall–Kier alpha value is -3.42. The van der Waals surface area contributed by atoms with E-state index in [2.05, 4.69) is 10.5 Å². The average Bonchev–Trinajstić information content (AvgIpc) is 2.55. The standard InChI is InChI=1S/C15H13N3O5/c19-13-7-3-1-5-11(13)9-16-17-15(20)10-23-14-8-4-2-6-12(14)18(21)22/h1-9,19H,10H2,(H,17,20)/b16-9-. The molecule has 0 heterocycles. The number of rotatable bonds is 6. The fraction of sp³-hybridized carbons (Fsp3) is 0.0667. The van der Waals surface area contributed by atoms with Gasteiger partial charge < -0.3 is 9.84 Å². The number of phenolic OH excluding ortho intramolecular Hbond substituents is 1. The average molecular weight is 315 g/mol. The summed E-state index contributed by atoms with van der Waals surface area (Å²) in [5.74, 6) is -0.561. The van der Waals surface area contributed by atoms with Crippen LogP contribution < -0.4 is 10.2 Å². The first kappa shape index (κ1) is 16.0. The Morgan fingerprint density at radius 3 is 2.70 bits per heavy atom. The number of hydrazone groups is 1. The number of nitro benzene ring substituents is 1. The van der Waals surface area contributed by atoms with Gasteiger partial charge in [-0.15, -0.1) is 0 Å². The third-order valence-corrected chi connectivity index (χ3v) is 2.75. The second-order valence-electron chi connectivity index (χ2n) is 4.37. The van der Waals surface area contributed by atoms with Crippen molar-refractivity contribution in [2.75, 3.05) is 6.61 Å². The maximum atomic E-state index is 11.6. The number of nitro groups is 1. The van der Waals surface area contributed by atoms with Crippen molar-refractivity contribution in [2.24, 2.45) is 5.10 Å². The molecule has 1 amide bonds. The fourth-order valence-corrected chi connectivity index (χ4v) is 1.68. The largest absolute Gasteiger partial charge is 0.507 e. The second kappa shape index (κ2) is 7.55. The summed E-state index contributed by atoms with van der Waals surface area (Å²) in [5.41, 5.74) is 2.42. The smallest absolute Gasteiger partial charge is 0.310 e. The number of ether oxygens (including phenoxy) is 1. The summed E-state index contributed by atoms with van der Waals surface area (Å²) in [4.78, 5) is 21.8. The molecule has 2 N–H and O–H groups in total. The molecule has 0 atom stereocenters. The lowest BCUT2D eigenvalue weighted by Crippen LogP contribution is -2.24. The molecule has 0 radical (unpaired) electrons. The highest BCUT2D eigenvalue weighted by Gasteiger charge is 2.14. The number of carbonyl (C=O) groups excluding carboxylic acids is 1. The molecule has 8 heteroatoms. The summed E-state index contributed by atoms with van der Waals surface area (Å²) in [7, 11) is 0. The lowest BCUT2D eigenvalue weighted by molar-refractivity contribution is -0.385. The van der Waals surface area contributed by atoms with Crippen molar-refractivity contribution in [3.8, 4) is 11.5 Å². The lowest BCUT2D eigenvalue weighted by Gasteiger charge is -2.05. The minimum Gasteiger partial charge on any atom is -0.507 e. The molecule has 0 spiro atoms. The first-order chi connectivity index (χ1) is 11.1. The molecule has 0 aliphatic rings. The van der Waals surface area contributed by atoms with Gasteiger partial charge >= 0.3 is 5.69 Å². The van der Waals surface area contributed by atoms with Crippen LogP contribution in [0.25, 0.3) is 0 Å². The van der Waals surface area contributed by atoms with Crippen LogP contribution in [0.15, 0.2) is 53.6 Å². The van der Waals surface area contributed by atoms with Crippen LogP contribution in [0.2, 0.25) is 0 Å². The van der Waals surface area contributed by atoms with Crippen LogP contribution in [0, 0.1) is 10.1 Å². The topological polar surface area (TPSA) is 114 Å². The molecule has 118 valence electrons. The molecular weight excluding hydrogens is 302 g/mol. The van der Waals surface area contributed by atoms with E-state index in [1.54, 1.807) is 24.3 Å². The van der Waals surface area contributed by atoms with Gasteiger partial charge in [0.1, 0.15) is 5.75 Å². The molecule has 0 aromatic heterocycles. The minimum atomic E-state index is -0.594. The van der Waals surface area contributed by atoms with Gasteiger partial charge in [0.2, 0.25) is 0 Å². The van der Waals surface area contributed by atoms with Crippen LogP contribution in [0.4, 0.5) is 5.69 Å². The molecule has 0 aliphatic heterocycles. The van der Waals surface area contributed by atoms with E-state index in [9.17, 15) is 20.0 Å². The summed E-state index contributed by atoms with van der Waals surface area (Å²) in [6.45, 7) is -0.428. The van der Waals surface area contributed by atoms with Gasteiger partial charge in [0.15, 0.2) is 12.4 Å². The van der Waals surface area contributed by atoms with Crippen LogP contribution in [0.1, 0.15) is 5.56 Å². The number of benzene rings is 2. The molecule has 2 aromatic rings. The van der Waals surface area contributed by atoms with Crippen molar-refractivity contribution in [2.45, 2.75) is 0 Å². The molecule has 0 saturated carbocycles. The second-order valence-corrected chi connectivity index (χ2v) is 4.37. The van der Waals surface area contributed by atoms with Gasteiger partial charge in [0.25, 0.3) is 5.91 Å². The molecule has 2 rings (SSSR count). The Morgan fingerprint density at radius 2 is 1.96 bits per heavy atom. The van der Waals surface area contributed by atoms with Gasteiger partial charge in [-0.1, -0.05) is 24.3 Å². The zero-order valence-corrected chi connectivity index (χ0v) is 11.9. The normalized spacial score (nSPS) is 10.4. The van der Waals surface area contributed by atoms with Crippen LogP contribution in [0.3, 0.4) is 0 Å². The van der Waals surface area contributed by atoms with E-state index < -0.39 is 17.4 Å². The molecule has 23 heavy (non-hydrogen) atoms. The van der Waals surface area contributed by atoms with Crippen molar-refractivity contribution in [1.29, 1.82) is 0 Å². The van der Waals surface area contributed by atoms with Gasteiger partial charge in [0, 0.05) is 11.6 Å². The lowest BCUT2D eigenvalue weighted by atomic mass is 10.2. The zero-order chi connectivity index (χ0) is 16.7. The molecule has 8 nitrogen and oxygen atoms in total. The van der Waals surface area contributed by atoms with Crippen molar-refractivity contribution in [3.63, 3.8) is 0 Å². The maximum Gasteiger partial charge on any atom is 0.310 e. The van der Waals surface area contributed by atoms with Gasteiger partial charge in [-0.3, -0.25) is 14.9 Å². The molecule has 2 aromatic carbocycles. The van der Waals surface area contributed by atoms with Crippen molar-refractivity contribution >= 4 is 17.8 Å². The third-order valence-electron chi connectivity index (χ3n) is 2.75. The highest BCUT2D eigenvalue weighted by Crippen LogP contribution is 2.25. The summed E-state index contributed by atoms with van der Waals surface area (Å²) in [6, 6.07) is 12.2. The monoisotopic (exact) mass is 315 g/mol. The van der Waals surface area contributed by atoms with Crippen molar-refractivity contribution in [1.82, 2.24) is 5.43 Å². The van der Waals surface area contributed by atoms with Crippen LogP contribution in [-0.4, -0.2) is 28.8 Å². The first-order valence-corrected chi connectivity index (χ1v) is 6.54. The molecule has 0 fully saturated rings. The summed E-state index contributed by atoms with van der Waals surface area (Å²) >= 11 is 0. The number of carbonyl (C=O) groups is 1. The highest BCUT2D eigenvalue weighted by atomic mass is 16.6. The minimum absolute atomic E-state index is 0.00247. The SMILES string of the molecule is O=C(COc1ccccc1[N+](=O)[O-])N/N=C\c1ccccc1O. The van der Waals surface area contributed by atoms with Gasteiger partial charge in [0.05, 0.1) is 11.1 Å². The molecular formula is C15H13N3O5. The van der Waals surface area contributed by atoms with Crippen LogP contribution in [0.5, 0.6) is 11.5 Å².